The number of hydrogen-bond acceptors (Lipinski definition) is 4. The summed E-state index contributed by atoms with van der Waals surface area (Å²) in [4.78, 5) is 35.6. The summed E-state index contributed by atoms with van der Waals surface area (Å²) < 4.78 is 5.11. The predicted octanol–water partition coefficient (Wildman–Crippen LogP) is 4.18. The van der Waals surface area contributed by atoms with E-state index < -0.39 is 11.7 Å². The molecule has 0 saturated heterocycles. The molecule has 7 heteroatoms. The van der Waals surface area contributed by atoms with Gasteiger partial charge in [0, 0.05) is 31.3 Å². The molecule has 0 radical (unpaired) electrons. The monoisotopic (exact) mass is 437 g/mol. The average Bonchev–Trinajstić information content (AvgIpc) is 2.71. The van der Waals surface area contributed by atoms with Crippen molar-refractivity contribution in [1.29, 1.82) is 0 Å². The highest BCUT2D eigenvalue weighted by Gasteiger charge is 2.15. The highest BCUT2D eigenvalue weighted by molar-refractivity contribution is 6.01. The summed E-state index contributed by atoms with van der Waals surface area (Å²) in [6, 6.07) is 15.1. The maximum Gasteiger partial charge on any atom is 0.407 e. The summed E-state index contributed by atoms with van der Waals surface area (Å²) >= 11 is 0. The molecule has 3 N–H and O–H groups in total. The van der Waals surface area contributed by atoms with Crippen LogP contribution in [0.3, 0.4) is 0 Å². The molecule has 7 nitrogen and oxygen atoms in total. The molecule has 0 aliphatic carbocycles. The Bertz CT molecular complexity index is 943. The minimum atomic E-state index is -0.574. The molecule has 0 aliphatic rings. The van der Waals surface area contributed by atoms with Crippen molar-refractivity contribution >= 4 is 29.7 Å². The Kier molecular flexibility index (Phi) is 9.01. The number of carbonyl (C=O) groups is 3. The summed E-state index contributed by atoms with van der Waals surface area (Å²) in [6.07, 6.45) is 2.86. The first-order chi connectivity index (χ1) is 15.1. The van der Waals surface area contributed by atoms with E-state index >= 15 is 0 Å². The highest BCUT2D eigenvalue weighted by Crippen LogP contribution is 2.11. The van der Waals surface area contributed by atoms with Gasteiger partial charge in [-0.25, -0.2) is 4.79 Å². The molecule has 2 rings (SSSR count). The van der Waals surface area contributed by atoms with Crippen molar-refractivity contribution in [2.24, 2.45) is 0 Å². The largest absolute Gasteiger partial charge is 0.444 e. The highest BCUT2D eigenvalue weighted by atomic mass is 16.6. The van der Waals surface area contributed by atoms with E-state index in [9.17, 15) is 14.4 Å². The summed E-state index contributed by atoms with van der Waals surface area (Å²) in [6.45, 7) is 7.89. The number of amides is 3. The van der Waals surface area contributed by atoms with Crippen molar-refractivity contribution in [3.05, 3.63) is 71.3 Å². The molecular formula is C25H31N3O4. The quantitative estimate of drug-likeness (QED) is 0.540. The van der Waals surface area contributed by atoms with Gasteiger partial charge in [-0.05, 0) is 57.0 Å². The number of rotatable bonds is 8. The molecule has 0 heterocycles. The fourth-order valence-electron chi connectivity index (χ4n) is 2.62. The third kappa shape index (κ3) is 9.93. The molecule has 170 valence electrons. The van der Waals surface area contributed by atoms with Crippen LogP contribution in [0.1, 0.15) is 43.9 Å². The maximum atomic E-state index is 12.1. The van der Waals surface area contributed by atoms with Crippen molar-refractivity contribution in [2.75, 3.05) is 11.9 Å². The Morgan fingerprint density at radius 2 is 1.59 bits per heavy atom. The number of carbonyl (C=O) groups excluding carboxylic acids is 3. The van der Waals surface area contributed by atoms with Crippen molar-refractivity contribution in [2.45, 2.75) is 46.3 Å². The summed E-state index contributed by atoms with van der Waals surface area (Å²) in [5.74, 6) is -0.399. The SMILES string of the molecule is Cc1ccc(/C=C/C(=O)Nc2ccc(CNC(=O)CCNC(=O)OC(C)(C)C)cc2)cc1. The minimum absolute atomic E-state index is 0.153. The Morgan fingerprint density at radius 1 is 0.938 bits per heavy atom. The maximum absolute atomic E-state index is 12.1. The van der Waals surface area contributed by atoms with Crippen LogP contribution in [0.25, 0.3) is 6.08 Å². The molecule has 0 atom stereocenters. The van der Waals surface area contributed by atoms with Crippen molar-refractivity contribution in [3.63, 3.8) is 0 Å². The van der Waals surface area contributed by atoms with Crippen LogP contribution < -0.4 is 16.0 Å². The van der Waals surface area contributed by atoms with Crippen LogP contribution in [-0.4, -0.2) is 30.1 Å². The molecule has 0 aliphatic heterocycles. The van der Waals surface area contributed by atoms with Gasteiger partial charge in [-0.1, -0.05) is 42.0 Å². The van der Waals surface area contributed by atoms with Crippen LogP contribution in [0, 0.1) is 6.92 Å². The molecule has 0 aromatic heterocycles. The second-order valence-corrected chi connectivity index (χ2v) is 8.39. The summed E-state index contributed by atoms with van der Waals surface area (Å²) in [5, 5.41) is 8.15. The molecule has 0 saturated carbocycles. The van der Waals surface area contributed by atoms with E-state index in [1.54, 1.807) is 39.0 Å². The van der Waals surface area contributed by atoms with Crippen LogP contribution in [0.2, 0.25) is 0 Å². The third-order valence-electron chi connectivity index (χ3n) is 4.24. The van der Waals surface area contributed by atoms with E-state index in [0.717, 1.165) is 11.1 Å². The lowest BCUT2D eigenvalue weighted by atomic mass is 10.1. The summed E-state index contributed by atoms with van der Waals surface area (Å²) in [7, 11) is 0. The van der Waals surface area contributed by atoms with Gasteiger partial charge in [0.25, 0.3) is 0 Å². The van der Waals surface area contributed by atoms with Gasteiger partial charge in [0.1, 0.15) is 5.60 Å². The Hall–Kier alpha value is -3.61. The van der Waals surface area contributed by atoms with Crippen molar-refractivity contribution in [3.8, 4) is 0 Å². The van der Waals surface area contributed by atoms with E-state index in [2.05, 4.69) is 16.0 Å². The van der Waals surface area contributed by atoms with Crippen LogP contribution >= 0.6 is 0 Å². The molecule has 0 bridgehead atoms. The zero-order valence-electron chi connectivity index (χ0n) is 19.0. The smallest absolute Gasteiger partial charge is 0.407 e. The molecule has 2 aromatic rings. The number of hydrogen-bond donors (Lipinski definition) is 3. The van der Waals surface area contributed by atoms with E-state index in [-0.39, 0.29) is 24.8 Å². The molecule has 2 aromatic carbocycles. The van der Waals surface area contributed by atoms with Gasteiger partial charge in [0.15, 0.2) is 0 Å². The second-order valence-electron chi connectivity index (χ2n) is 8.39. The predicted molar refractivity (Wildman–Crippen MR) is 126 cm³/mol. The molecule has 0 unspecified atom stereocenters. The topological polar surface area (TPSA) is 96.5 Å². The van der Waals surface area contributed by atoms with Gasteiger partial charge in [-0.3, -0.25) is 9.59 Å². The average molecular weight is 438 g/mol. The Balaban J connectivity index is 1.70. The molecule has 32 heavy (non-hydrogen) atoms. The van der Waals surface area contributed by atoms with E-state index in [4.69, 9.17) is 4.74 Å². The Morgan fingerprint density at radius 3 is 2.22 bits per heavy atom. The van der Waals surface area contributed by atoms with E-state index in [0.29, 0.717) is 12.2 Å². The summed E-state index contributed by atoms with van der Waals surface area (Å²) in [5.41, 5.74) is 3.11. The van der Waals surface area contributed by atoms with Crippen molar-refractivity contribution in [1.82, 2.24) is 10.6 Å². The fraction of sp³-hybridized carbons (Fsp3) is 0.320. The minimum Gasteiger partial charge on any atom is -0.444 e. The number of benzene rings is 2. The second kappa shape index (κ2) is 11.7. The normalized spacial score (nSPS) is 11.1. The third-order valence-corrected chi connectivity index (χ3v) is 4.24. The molecular weight excluding hydrogens is 406 g/mol. The number of ether oxygens (including phenoxy) is 1. The van der Waals surface area contributed by atoms with Gasteiger partial charge in [-0.2, -0.15) is 0 Å². The van der Waals surface area contributed by atoms with Gasteiger partial charge < -0.3 is 20.7 Å². The van der Waals surface area contributed by atoms with E-state index in [1.165, 1.54) is 11.6 Å². The van der Waals surface area contributed by atoms with Gasteiger partial charge >= 0.3 is 6.09 Å². The standard InChI is InChI=1S/C25H31N3O4/c1-18-5-7-19(8-6-18)11-14-23(30)28-21-12-9-20(10-13-21)17-27-22(29)15-16-26-24(31)32-25(2,3)4/h5-14H,15-17H2,1-4H3,(H,26,31)(H,27,29)(H,28,30)/b14-11+. The van der Waals surface area contributed by atoms with Crippen LogP contribution in [0.5, 0.6) is 0 Å². The molecule has 0 spiro atoms. The van der Waals surface area contributed by atoms with Crippen LogP contribution in [0.4, 0.5) is 10.5 Å². The lowest BCUT2D eigenvalue weighted by Gasteiger charge is -2.19. The lowest BCUT2D eigenvalue weighted by molar-refractivity contribution is -0.121. The van der Waals surface area contributed by atoms with Gasteiger partial charge in [0.2, 0.25) is 11.8 Å². The van der Waals surface area contributed by atoms with Gasteiger partial charge in [0.05, 0.1) is 0 Å². The zero-order valence-corrected chi connectivity index (χ0v) is 19.0. The van der Waals surface area contributed by atoms with Gasteiger partial charge in [-0.15, -0.1) is 0 Å². The first-order valence-electron chi connectivity index (χ1n) is 10.5. The molecule has 0 fully saturated rings. The van der Waals surface area contributed by atoms with Crippen LogP contribution in [-0.2, 0) is 20.9 Å². The fourth-order valence-corrected chi connectivity index (χ4v) is 2.62. The van der Waals surface area contributed by atoms with Crippen LogP contribution in [0.15, 0.2) is 54.6 Å². The zero-order chi connectivity index (χ0) is 23.6. The number of anilines is 1. The first-order valence-corrected chi connectivity index (χ1v) is 10.5. The number of alkyl carbamates (subject to hydrolysis) is 1. The Labute approximate surface area is 189 Å². The van der Waals surface area contributed by atoms with Crippen molar-refractivity contribution < 1.29 is 19.1 Å². The number of nitrogens with one attached hydrogen (secondary N) is 3. The lowest BCUT2D eigenvalue weighted by Crippen LogP contribution is -2.35. The first kappa shape index (κ1) is 24.7. The van der Waals surface area contributed by atoms with E-state index in [1.807, 2.05) is 43.3 Å². The number of aryl methyl sites for hydroxylation is 1. The molecule has 3 amide bonds.